The standard InChI is InChI=1S/C30H29Cl/c1-29(2,3)24-17-23-22(20-12-7-8-13-25(20)31)16-19-11-9-10-18-14-15-21(27(23)26(18)19)28(24)30(4,5)6/h7-17H,1-6H3. The Morgan fingerprint density at radius 2 is 1.29 bits per heavy atom. The Kier molecular flexibility index (Phi) is 4.40. The van der Waals surface area contributed by atoms with Gasteiger partial charge in [0.05, 0.1) is 0 Å². The summed E-state index contributed by atoms with van der Waals surface area (Å²) < 4.78 is 0. The van der Waals surface area contributed by atoms with Crippen LogP contribution < -0.4 is 0 Å². The maximum Gasteiger partial charge on any atom is 0.0484 e. The molecule has 0 saturated carbocycles. The number of hydrogen-bond donors (Lipinski definition) is 0. The molecule has 0 aliphatic rings. The second-order valence-electron chi connectivity index (χ2n) is 10.8. The molecule has 5 rings (SSSR count). The van der Waals surface area contributed by atoms with Crippen molar-refractivity contribution in [2.45, 2.75) is 52.4 Å². The van der Waals surface area contributed by atoms with Crippen LogP contribution in [0.3, 0.4) is 0 Å². The van der Waals surface area contributed by atoms with Crippen LogP contribution in [0.15, 0.2) is 66.7 Å². The fraction of sp³-hybridized carbons (Fsp3) is 0.267. The Labute approximate surface area is 190 Å². The van der Waals surface area contributed by atoms with Gasteiger partial charge in [-0.25, -0.2) is 0 Å². The molecule has 5 aromatic carbocycles. The van der Waals surface area contributed by atoms with Crippen LogP contribution in [0.1, 0.15) is 52.7 Å². The van der Waals surface area contributed by atoms with Crippen molar-refractivity contribution in [2.75, 3.05) is 0 Å². The number of benzene rings is 5. The molecule has 1 heteroatoms. The third-order valence-corrected chi connectivity index (χ3v) is 6.82. The summed E-state index contributed by atoms with van der Waals surface area (Å²) in [7, 11) is 0. The lowest BCUT2D eigenvalue weighted by molar-refractivity contribution is 0.535. The van der Waals surface area contributed by atoms with Gasteiger partial charge in [0.1, 0.15) is 0 Å². The van der Waals surface area contributed by atoms with Gasteiger partial charge in [-0.15, -0.1) is 0 Å². The van der Waals surface area contributed by atoms with Crippen molar-refractivity contribution in [3.8, 4) is 11.1 Å². The van der Waals surface area contributed by atoms with E-state index in [1.165, 1.54) is 49.0 Å². The van der Waals surface area contributed by atoms with E-state index >= 15 is 0 Å². The lowest BCUT2D eigenvalue weighted by atomic mass is 9.71. The third kappa shape index (κ3) is 3.12. The quantitative estimate of drug-likeness (QED) is 0.235. The maximum atomic E-state index is 6.71. The van der Waals surface area contributed by atoms with Crippen LogP contribution in [-0.4, -0.2) is 0 Å². The zero-order valence-electron chi connectivity index (χ0n) is 19.2. The molecule has 0 aromatic heterocycles. The molecule has 0 amide bonds. The second kappa shape index (κ2) is 6.71. The summed E-state index contributed by atoms with van der Waals surface area (Å²) in [4.78, 5) is 0. The first-order valence-corrected chi connectivity index (χ1v) is 11.5. The van der Waals surface area contributed by atoms with E-state index in [1.54, 1.807) is 0 Å². The number of halogens is 1. The van der Waals surface area contributed by atoms with Crippen LogP contribution in [0.4, 0.5) is 0 Å². The predicted molar refractivity (Wildman–Crippen MR) is 138 cm³/mol. The second-order valence-corrected chi connectivity index (χ2v) is 11.2. The third-order valence-electron chi connectivity index (χ3n) is 6.49. The summed E-state index contributed by atoms with van der Waals surface area (Å²) in [5, 5.41) is 8.75. The summed E-state index contributed by atoms with van der Waals surface area (Å²) in [6.07, 6.45) is 0. The van der Waals surface area contributed by atoms with Crippen molar-refractivity contribution in [1.29, 1.82) is 0 Å². The van der Waals surface area contributed by atoms with Crippen LogP contribution in [0, 0.1) is 0 Å². The van der Waals surface area contributed by atoms with Crippen molar-refractivity contribution >= 4 is 43.9 Å². The van der Waals surface area contributed by atoms with E-state index in [9.17, 15) is 0 Å². The molecular formula is C30H29Cl. The Morgan fingerprint density at radius 3 is 1.97 bits per heavy atom. The Hall–Kier alpha value is -2.57. The van der Waals surface area contributed by atoms with Gasteiger partial charge < -0.3 is 0 Å². The molecular weight excluding hydrogens is 396 g/mol. The normalized spacial score (nSPS) is 13.0. The molecule has 0 unspecified atom stereocenters. The number of hydrogen-bond acceptors (Lipinski definition) is 0. The summed E-state index contributed by atoms with van der Waals surface area (Å²) >= 11 is 6.71. The molecule has 0 N–H and O–H groups in total. The molecule has 5 aromatic rings. The van der Waals surface area contributed by atoms with Crippen molar-refractivity contribution in [3.05, 3.63) is 82.9 Å². The minimum Gasteiger partial charge on any atom is -0.0837 e. The molecule has 0 bridgehead atoms. The van der Waals surface area contributed by atoms with E-state index in [2.05, 4.69) is 96.1 Å². The zero-order valence-corrected chi connectivity index (χ0v) is 20.0. The van der Waals surface area contributed by atoms with Crippen LogP contribution in [-0.2, 0) is 10.8 Å². The van der Waals surface area contributed by atoms with E-state index < -0.39 is 0 Å². The Balaban J connectivity index is 2.10. The molecule has 0 saturated heterocycles. The first kappa shape index (κ1) is 20.3. The SMILES string of the molecule is CC(C)(C)c1cc2c(-c3ccccc3Cl)cc3cccc4ccc(c1C(C)(C)C)c2c43. The van der Waals surface area contributed by atoms with Gasteiger partial charge >= 0.3 is 0 Å². The molecule has 31 heavy (non-hydrogen) atoms. The van der Waals surface area contributed by atoms with Crippen molar-refractivity contribution in [2.24, 2.45) is 0 Å². The van der Waals surface area contributed by atoms with Gasteiger partial charge in [0, 0.05) is 10.6 Å². The van der Waals surface area contributed by atoms with E-state index in [-0.39, 0.29) is 10.8 Å². The molecule has 156 valence electrons. The van der Waals surface area contributed by atoms with Crippen LogP contribution >= 0.6 is 11.6 Å². The molecule has 0 aliphatic carbocycles. The summed E-state index contributed by atoms with van der Waals surface area (Å²) in [5.74, 6) is 0. The molecule has 0 fully saturated rings. The summed E-state index contributed by atoms with van der Waals surface area (Å²) in [5.41, 5.74) is 5.25. The van der Waals surface area contributed by atoms with Crippen LogP contribution in [0.5, 0.6) is 0 Å². The minimum absolute atomic E-state index is 0.0326. The highest BCUT2D eigenvalue weighted by Crippen LogP contribution is 2.47. The van der Waals surface area contributed by atoms with E-state index in [0.29, 0.717) is 0 Å². The van der Waals surface area contributed by atoms with Crippen LogP contribution in [0.2, 0.25) is 5.02 Å². The van der Waals surface area contributed by atoms with Crippen molar-refractivity contribution < 1.29 is 0 Å². The zero-order chi connectivity index (χ0) is 22.1. The monoisotopic (exact) mass is 424 g/mol. The van der Waals surface area contributed by atoms with Gasteiger partial charge in [-0.05, 0) is 78.0 Å². The Bertz CT molecular complexity index is 1440. The average Bonchev–Trinajstić information content (AvgIpc) is 2.70. The summed E-state index contributed by atoms with van der Waals surface area (Å²) in [6.45, 7) is 14.0. The van der Waals surface area contributed by atoms with Crippen molar-refractivity contribution in [1.82, 2.24) is 0 Å². The van der Waals surface area contributed by atoms with E-state index in [1.807, 2.05) is 12.1 Å². The van der Waals surface area contributed by atoms with E-state index in [0.717, 1.165) is 10.6 Å². The largest absolute Gasteiger partial charge is 0.0837 e. The molecule has 0 heterocycles. The fourth-order valence-corrected chi connectivity index (χ4v) is 5.43. The van der Waals surface area contributed by atoms with Gasteiger partial charge in [-0.3, -0.25) is 0 Å². The highest BCUT2D eigenvalue weighted by atomic mass is 35.5. The number of rotatable bonds is 1. The smallest absolute Gasteiger partial charge is 0.0484 e. The van der Waals surface area contributed by atoms with Gasteiger partial charge in [-0.1, -0.05) is 102 Å². The maximum absolute atomic E-state index is 6.71. The lowest BCUT2D eigenvalue weighted by Gasteiger charge is -2.33. The van der Waals surface area contributed by atoms with Gasteiger partial charge in [-0.2, -0.15) is 0 Å². The highest BCUT2D eigenvalue weighted by Gasteiger charge is 2.29. The molecule has 0 atom stereocenters. The first-order valence-electron chi connectivity index (χ1n) is 11.1. The fourth-order valence-electron chi connectivity index (χ4n) is 5.20. The highest BCUT2D eigenvalue weighted by molar-refractivity contribution is 6.35. The van der Waals surface area contributed by atoms with Gasteiger partial charge in [0.2, 0.25) is 0 Å². The topological polar surface area (TPSA) is 0 Å². The molecule has 0 aliphatic heterocycles. The lowest BCUT2D eigenvalue weighted by Crippen LogP contribution is -2.22. The Morgan fingerprint density at radius 1 is 0.581 bits per heavy atom. The molecule has 0 nitrogen and oxygen atoms in total. The average molecular weight is 425 g/mol. The summed E-state index contributed by atoms with van der Waals surface area (Å²) in [6, 6.07) is 24.2. The molecule has 0 radical (unpaired) electrons. The van der Waals surface area contributed by atoms with Gasteiger partial charge in [0.15, 0.2) is 0 Å². The van der Waals surface area contributed by atoms with E-state index in [4.69, 9.17) is 11.6 Å². The van der Waals surface area contributed by atoms with Crippen molar-refractivity contribution in [3.63, 3.8) is 0 Å². The minimum atomic E-state index is 0.0326. The molecule has 0 spiro atoms. The van der Waals surface area contributed by atoms with Crippen LogP contribution in [0.25, 0.3) is 43.4 Å². The predicted octanol–water partition coefficient (Wildman–Crippen LogP) is 9.50. The first-order chi connectivity index (χ1) is 14.6. The van der Waals surface area contributed by atoms with Gasteiger partial charge in [0.25, 0.3) is 0 Å².